The van der Waals surface area contributed by atoms with Crippen molar-refractivity contribution in [3.8, 4) is 0 Å². The van der Waals surface area contributed by atoms with Gasteiger partial charge >= 0.3 is 0 Å². The highest BCUT2D eigenvalue weighted by atomic mass is 79.9. The van der Waals surface area contributed by atoms with Crippen LogP contribution in [0.5, 0.6) is 0 Å². The van der Waals surface area contributed by atoms with E-state index in [1.807, 2.05) is 19.1 Å². The topological polar surface area (TPSA) is 13.1 Å². The van der Waals surface area contributed by atoms with Gasteiger partial charge in [-0.25, -0.2) is 0 Å². The summed E-state index contributed by atoms with van der Waals surface area (Å²) < 4.78 is 7.19. The van der Waals surface area contributed by atoms with Gasteiger partial charge in [-0.1, -0.05) is 6.07 Å². The summed E-state index contributed by atoms with van der Waals surface area (Å²) in [5, 5.41) is 1.10. The Bertz CT molecular complexity index is 431. The van der Waals surface area contributed by atoms with Gasteiger partial charge in [0.1, 0.15) is 5.58 Å². The predicted octanol–water partition coefficient (Wildman–Crippen LogP) is 4.27. The first-order chi connectivity index (χ1) is 5.68. The molecule has 2 aromatic rings. The largest absolute Gasteiger partial charge is 0.448 e. The summed E-state index contributed by atoms with van der Waals surface area (Å²) in [6.45, 7) is 2.05. The van der Waals surface area contributed by atoms with Crippen LogP contribution < -0.4 is 0 Å². The summed E-state index contributed by atoms with van der Waals surface area (Å²) in [7, 11) is 0. The van der Waals surface area contributed by atoms with Crippen LogP contribution in [0.2, 0.25) is 0 Å². The van der Waals surface area contributed by atoms with Crippen molar-refractivity contribution in [2.45, 2.75) is 6.92 Å². The Hall–Kier alpha value is -0.280. The minimum Gasteiger partial charge on any atom is -0.448 e. The fourth-order valence-corrected chi connectivity index (χ4v) is 1.94. The van der Waals surface area contributed by atoms with Crippen molar-refractivity contribution in [3.63, 3.8) is 0 Å². The molecule has 1 heterocycles. The van der Waals surface area contributed by atoms with Crippen molar-refractivity contribution >= 4 is 42.8 Å². The number of furan rings is 1. The first kappa shape index (κ1) is 8.32. The number of benzene rings is 1. The average Bonchev–Trinajstić information content (AvgIpc) is 2.28. The van der Waals surface area contributed by atoms with E-state index in [-0.39, 0.29) is 0 Å². The van der Waals surface area contributed by atoms with E-state index in [1.165, 1.54) is 5.56 Å². The van der Waals surface area contributed by atoms with Crippen LogP contribution in [0.3, 0.4) is 0 Å². The molecule has 0 spiro atoms. The van der Waals surface area contributed by atoms with Gasteiger partial charge in [-0.15, -0.1) is 0 Å². The molecule has 0 unspecified atom stereocenters. The SMILES string of the molecule is Cc1ccc2c(Br)c(Br)oc2c1. The molecule has 0 amide bonds. The molecule has 1 nitrogen and oxygen atoms in total. The highest BCUT2D eigenvalue weighted by Crippen LogP contribution is 2.34. The summed E-state index contributed by atoms with van der Waals surface area (Å²) in [5.74, 6) is 0. The maximum Gasteiger partial charge on any atom is 0.184 e. The zero-order chi connectivity index (χ0) is 8.72. The molecule has 1 aromatic carbocycles. The molecule has 1 aromatic heterocycles. The van der Waals surface area contributed by atoms with Gasteiger partial charge < -0.3 is 4.42 Å². The maximum absolute atomic E-state index is 5.45. The quantitative estimate of drug-likeness (QED) is 0.706. The Morgan fingerprint density at radius 1 is 1.25 bits per heavy atom. The van der Waals surface area contributed by atoms with Gasteiger partial charge in [-0.05, 0) is 56.5 Å². The normalized spacial score (nSPS) is 10.9. The van der Waals surface area contributed by atoms with E-state index < -0.39 is 0 Å². The Morgan fingerprint density at radius 3 is 2.75 bits per heavy atom. The number of halogens is 2. The molecular weight excluding hydrogens is 284 g/mol. The zero-order valence-corrected chi connectivity index (χ0v) is 9.57. The van der Waals surface area contributed by atoms with Crippen molar-refractivity contribution in [2.75, 3.05) is 0 Å². The Morgan fingerprint density at radius 2 is 2.00 bits per heavy atom. The molecule has 0 radical (unpaired) electrons. The van der Waals surface area contributed by atoms with E-state index in [0.29, 0.717) is 0 Å². The summed E-state index contributed by atoms with van der Waals surface area (Å²) >= 11 is 6.75. The van der Waals surface area contributed by atoms with E-state index in [2.05, 4.69) is 37.9 Å². The predicted molar refractivity (Wildman–Crippen MR) is 56.4 cm³/mol. The third-order valence-electron chi connectivity index (χ3n) is 1.75. The van der Waals surface area contributed by atoms with Crippen molar-refractivity contribution in [1.29, 1.82) is 0 Å². The number of hydrogen-bond acceptors (Lipinski definition) is 1. The third kappa shape index (κ3) is 1.21. The number of fused-ring (bicyclic) bond motifs is 1. The third-order valence-corrected chi connectivity index (χ3v) is 3.62. The standard InChI is InChI=1S/C9H6Br2O/c1-5-2-3-6-7(4-5)12-9(11)8(6)10/h2-4H,1H3. The van der Waals surface area contributed by atoms with E-state index in [9.17, 15) is 0 Å². The molecule has 0 saturated heterocycles. The second-order valence-corrected chi connectivity index (χ2v) is 4.20. The highest BCUT2D eigenvalue weighted by Gasteiger charge is 2.08. The number of aryl methyl sites for hydroxylation is 1. The molecule has 0 saturated carbocycles. The Kier molecular flexibility index (Phi) is 2.00. The Labute approximate surface area is 87.0 Å². The highest BCUT2D eigenvalue weighted by molar-refractivity contribution is 9.13. The summed E-state index contributed by atoms with van der Waals surface area (Å²) in [6.07, 6.45) is 0. The molecule has 0 fully saturated rings. The van der Waals surface area contributed by atoms with Gasteiger partial charge in [0.15, 0.2) is 4.67 Å². The van der Waals surface area contributed by atoms with Gasteiger partial charge in [0.05, 0.1) is 4.47 Å². The van der Waals surface area contributed by atoms with E-state index in [1.54, 1.807) is 0 Å². The van der Waals surface area contributed by atoms with Gasteiger partial charge in [0.25, 0.3) is 0 Å². The average molecular weight is 290 g/mol. The van der Waals surface area contributed by atoms with Crippen LogP contribution in [0, 0.1) is 6.92 Å². The van der Waals surface area contributed by atoms with Crippen LogP contribution in [-0.4, -0.2) is 0 Å². The minimum atomic E-state index is 0.753. The van der Waals surface area contributed by atoms with Crippen LogP contribution in [0.4, 0.5) is 0 Å². The van der Waals surface area contributed by atoms with Crippen LogP contribution in [-0.2, 0) is 0 Å². The van der Waals surface area contributed by atoms with Gasteiger partial charge in [0.2, 0.25) is 0 Å². The van der Waals surface area contributed by atoms with Crippen molar-refractivity contribution in [2.24, 2.45) is 0 Å². The lowest BCUT2D eigenvalue weighted by molar-refractivity contribution is 0.584. The monoisotopic (exact) mass is 288 g/mol. The first-order valence-electron chi connectivity index (χ1n) is 3.52. The first-order valence-corrected chi connectivity index (χ1v) is 5.11. The summed E-state index contributed by atoms with van der Waals surface area (Å²) in [5.41, 5.74) is 2.12. The molecule has 0 aliphatic carbocycles. The maximum atomic E-state index is 5.45. The molecular formula is C9H6Br2O. The van der Waals surface area contributed by atoms with Crippen LogP contribution >= 0.6 is 31.9 Å². The summed E-state index contributed by atoms with van der Waals surface area (Å²) in [6, 6.07) is 6.13. The van der Waals surface area contributed by atoms with E-state index in [0.717, 1.165) is 20.1 Å². The summed E-state index contributed by atoms with van der Waals surface area (Å²) in [4.78, 5) is 0. The van der Waals surface area contributed by atoms with Crippen molar-refractivity contribution in [3.05, 3.63) is 32.9 Å². The fraction of sp³-hybridized carbons (Fsp3) is 0.111. The second-order valence-electron chi connectivity index (χ2n) is 2.69. The Balaban J connectivity index is 2.87. The lowest BCUT2D eigenvalue weighted by atomic mass is 10.2. The van der Waals surface area contributed by atoms with Crippen LogP contribution in [0.25, 0.3) is 11.0 Å². The second kappa shape index (κ2) is 2.89. The number of hydrogen-bond donors (Lipinski definition) is 0. The molecule has 0 N–H and O–H groups in total. The minimum absolute atomic E-state index is 0.753. The fourth-order valence-electron chi connectivity index (χ4n) is 1.14. The molecule has 0 atom stereocenters. The van der Waals surface area contributed by atoms with E-state index in [4.69, 9.17) is 4.42 Å². The lowest BCUT2D eigenvalue weighted by Gasteiger charge is -1.90. The smallest absolute Gasteiger partial charge is 0.184 e. The number of rotatable bonds is 0. The molecule has 3 heteroatoms. The van der Waals surface area contributed by atoms with Gasteiger partial charge in [0, 0.05) is 5.39 Å². The van der Waals surface area contributed by atoms with Crippen LogP contribution in [0.15, 0.2) is 31.8 Å². The molecule has 62 valence electrons. The molecule has 0 aliphatic rings. The molecule has 0 aliphatic heterocycles. The molecule has 0 bridgehead atoms. The molecule has 12 heavy (non-hydrogen) atoms. The van der Waals surface area contributed by atoms with Crippen molar-refractivity contribution < 1.29 is 4.42 Å². The van der Waals surface area contributed by atoms with Crippen LogP contribution in [0.1, 0.15) is 5.56 Å². The van der Waals surface area contributed by atoms with E-state index >= 15 is 0 Å². The molecule has 2 rings (SSSR count). The van der Waals surface area contributed by atoms with Gasteiger partial charge in [-0.2, -0.15) is 0 Å². The lowest BCUT2D eigenvalue weighted by Crippen LogP contribution is -1.69. The zero-order valence-electron chi connectivity index (χ0n) is 6.40. The van der Waals surface area contributed by atoms with Gasteiger partial charge in [-0.3, -0.25) is 0 Å². The van der Waals surface area contributed by atoms with Crippen molar-refractivity contribution in [1.82, 2.24) is 0 Å².